The van der Waals surface area contributed by atoms with E-state index >= 15 is 0 Å². The van der Waals surface area contributed by atoms with Gasteiger partial charge in [0.1, 0.15) is 5.76 Å². The van der Waals surface area contributed by atoms with Gasteiger partial charge in [-0.15, -0.1) is 11.3 Å². The Morgan fingerprint density at radius 2 is 2.00 bits per heavy atom. The second kappa shape index (κ2) is 10.1. The summed E-state index contributed by atoms with van der Waals surface area (Å²) in [7, 11) is 3.89. The van der Waals surface area contributed by atoms with Crippen LogP contribution in [0.1, 0.15) is 37.2 Å². The molecule has 3 aromatic rings. The third-order valence-corrected chi connectivity index (χ3v) is 6.03. The molecule has 9 heteroatoms. The van der Waals surface area contributed by atoms with Crippen molar-refractivity contribution in [1.82, 2.24) is 14.8 Å². The zero-order valence-electron chi connectivity index (χ0n) is 17.9. The van der Waals surface area contributed by atoms with Crippen molar-refractivity contribution in [3.63, 3.8) is 0 Å². The maximum absolute atomic E-state index is 12.6. The average Bonchev–Trinajstić information content (AvgIpc) is 3.28. The summed E-state index contributed by atoms with van der Waals surface area (Å²) in [6, 6.07) is 10.1. The number of furan rings is 1. The molecule has 1 aromatic carbocycles. The van der Waals surface area contributed by atoms with E-state index in [2.05, 4.69) is 10.3 Å². The molecule has 0 aliphatic heterocycles. The summed E-state index contributed by atoms with van der Waals surface area (Å²) in [5, 5.41) is 3.32. The van der Waals surface area contributed by atoms with Crippen LogP contribution in [0.5, 0.6) is 0 Å². The Bertz CT molecular complexity index is 1160. The Hall–Kier alpha value is -2.68. The van der Waals surface area contributed by atoms with Crippen LogP contribution in [0.25, 0.3) is 0 Å². The van der Waals surface area contributed by atoms with Gasteiger partial charge in [0, 0.05) is 34.2 Å². The van der Waals surface area contributed by atoms with Crippen molar-refractivity contribution < 1.29 is 14.0 Å². The highest BCUT2D eigenvalue weighted by molar-refractivity contribution is 7.09. The number of thiazole rings is 1. The lowest BCUT2D eigenvalue weighted by Crippen LogP contribution is -2.31. The summed E-state index contributed by atoms with van der Waals surface area (Å²) < 4.78 is 7.66. The summed E-state index contributed by atoms with van der Waals surface area (Å²) >= 11 is 7.42. The van der Waals surface area contributed by atoms with Crippen molar-refractivity contribution in [1.29, 1.82) is 0 Å². The van der Waals surface area contributed by atoms with Gasteiger partial charge in [0.05, 0.1) is 6.54 Å². The minimum atomic E-state index is -0.363. The standard InChI is InChI=1S/C22H25ClN4O3S/c1-14-15(2)31-22(25-20(28)16-6-5-7-17(23)12-16)27(14)13-18-8-9-19(30-18)21(29)24-10-11-26(3)4/h5-9,12H,10-11,13H2,1-4H3,(H,24,29). The first kappa shape index (κ1) is 23.0. The van der Waals surface area contributed by atoms with Crippen molar-refractivity contribution in [2.75, 3.05) is 27.2 Å². The van der Waals surface area contributed by atoms with Gasteiger partial charge in [0.25, 0.3) is 11.8 Å². The number of carbonyl (C=O) groups is 2. The first-order valence-electron chi connectivity index (χ1n) is 9.77. The van der Waals surface area contributed by atoms with Gasteiger partial charge in [-0.2, -0.15) is 4.99 Å². The third-order valence-electron chi connectivity index (χ3n) is 4.70. The molecular weight excluding hydrogens is 436 g/mol. The highest BCUT2D eigenvalue weighted by Gasteiger charge is 2.14. The molecule has 2 amide bonds. The molecule has 31 heavy (non-hydrogen) atoms. The molecule has 0 fully saturated rings. The number of hydrogen-bond acceptors (Lipinski definition) is 5. The van der Waals surface area contributed by atoms with Crippen molar-refractivity contribution in [3.8, 4) is 0 Å². The zero-order chi connectivity index (χ0) is 22.5. The Labute approximate surface area is 190 Å². The number of hydrogen-bond donors (Lipinski definition) is 1. The number of nitrogens with one attached hydrogen (secondary N) is 1. The van der Waals surface area contributed by atoms with Crippen LogP contribution in [0.3, 0.4) is 0 Å². The van der Waals surface area contributed by atoms with Crippen molar-refractivity contribution in [2.45, 2.75) is 20.4 Å². The molecule has 164 valence electrons. The van der Waals surface area contributed by atoms with Crippen LogP contribution in [0.15, 0.2) is 45.8 Å². The summed E-state index contributed by atoms with van der Waals surface area (Å²) in [5.41, 5.74) is 1.41. The predicted octanol–water partition coefficient (Wildman–Crippen LogP) is 3.49. The number of rotatable bonds is 7. The van der Waals surface area contributed by atoms with E-state index in [4.69, 9.17) is 16.0 Å². The molecular formula is C22H25ClN4O3S. The van der Waals surface area contributed by atoms with E-state index in [-0.39, 0.29) is 17.6 Å². The Kier molecular flexibility index (Phi) is 7.48. The second-order valence-corrected chi connectivity index (χ2v) is 8.98. The van der Waals surface area contributed by atoms with Gasteiger partial charge in [-0.25, -0.2) is 0 Å². The second-order valence-electron chi connectivity index (χ2n) is 7.36. The summed E-state index contributed by atoms with van der Waals surface area (Å²) in [6.07, 6.45) is 0. The lowest BCUT2D eigenvalue weighted by Gasteiger charge is -2.09. The normalized spacial score (nSPS) is 11.9. The average molecular weight is 461 g/mol. The third kappa shape index (κ3) is 5.94. The fourth-order valence-electron chi connectivity index (χ4n) is 2.86. The molecule has 0 aliphatic carbocycles. The quantitative estimate of drug-likeness (QED) is 0.585. The molecule has 2 aromatic heterocycles. The van der Waals surface area contributed by atoms with Crippen LogP contribution in [0.2, 0.25) is 5.02 Å². The first-order valence-corrected chi connectivity index (χ1v) is 11.0. The number of likely N-dealkylation sites (N-methyl/N-ethyl adjacent to an activating group) is 1. The van der Waals surface area contributed by atoms with E-state index in [1.807, 2.05) is 37.4 Å². The molecule has 0 aliphatic rings. The van der Waals surface area contributed by atoms with Gasteiger partial charge in [0.15, 0.2) is 10.6 Å². The van der Waals surface area contributed by atoms with Gasteiger partial charge < -0.3 is 19.2 Å². The minimum Gasteiger partial charge on any atom is -0.454 e. The SMILES string of the molecule is Cc1sc(=NC(=O)c2cccc(Cl)c2)n(Cc2ccc(C(=O)NCCN(C)C)o2)c1C. The van der Waals surface area contributed by atoms with Crippen molar-refractivity contribution >= 4 is 34.8 Å². The molecule has 0 saturated carbocycles. The molecule has 7 nitrogen and oxygen atoms in total. The number of aromatic nitrogens is 1. The largest absolute Gasteiger partial charge is 0.454 e. The van der Waals surface area contributed by atoms with E-state index < -0.39 is 0 Å². The Morgan fingerprint density at radius 1 is 1.23 bits per heavy atom. The molecule has 0 saturated heterocycles. The smallest absolute Gasteiger partial charge is 0.287 e. The fourth-order valence-corrected chi connectivity index (χ4v) is 4.02. The summed E-state index contributed by atoms with van der Waals surface area (Å²) in [4.78, 5) is 32.8. The van der Waals surface area contributed by atoms with Crippen LogP contribution in [-0.2, 0) is 6.54 Å². The number of benzene rings is 1. The van der Waals surface area contributed by atoms with Gasteiger partial charge in [-0.05, 0) is 58.3 Å². The van der Waals surface area contributed by atoms with Crippen LogP contribution in [0, 0.1) is 13.8 Å². The molecule has 3 rings (SSSR count). The minimum absolute atomic E-state index is 0.252. The molecule has 0 radical (unpaired) electrons. The molecule has 2 heterocycles. The number of nitrogens with zero attached hydrogens (tertiary/aromatic N) is 3. The lowest BCUT2D eigenvalue weighted by molar-refractivity contribution is 0.0921. The molecule has 0 unspecified atom stereocenters. The van der Waals surface area contributed by atoms with Crippen LogP contribution in [-0.4, -0.2) is 48.5 Å². The summed E-state index contributed by atoms with van der Waals surface area (Å²) in [6.45, 7) is 5.59. The van der Waals surface area contributed by atoms with E-state index in [9.17, 15) is 9.59 Å². The van der Waals surface area contributed by atoms with Gasteiger partial charge in [-0.3, -0.25) is 9.59 Å². The number of aryl methyl sites for hydroxylation is 1. The molecule has 0 atom stereocenters. The zero-order valence-corrected chi connectivity index (χ0v) is 19.5. The predicted molar refractivity (Wildman–Crippen MR) is 122 cm³/mol. The van der Waals surface area contributed by atoms with Crippen LogP contribution < -0.4 is 10.1 Å². The Morgan fingerprint density at radius 3 is 2.71 bits per heavy atom. The number of carbonyl (C=O) groups excluding carboxylic acids is 2. The highest BCUT2D eigenvalue weighted by Crippen LogP contribution is 2.16. The topological polar surface area (TPSA) is 79.8 Å². The van der Waals surface area contributed by atoms with Gasteiger partial charge in [0.2, 0.25) is 0 Å². The van der Waals surface area contributed by atoms with E-state index in [1.165, 1.54) is 11.3 Å². The van der Waals surface area contributed by atoms with Gasteiger partial charge in [-0.1, -0.05) is 17.7 Å². The molecule has 0 spiro atoms. The summed E-state index contributed by atoms with van der Waals surface area (Å²) in [5.74, 6) is 0.248. The lowest BCUT2D eigenvalue weighted by atomic mass is 10.2. The Balaban J connectivity index is 1.81. The molecule has 1 N–H and O–H groups in total. The maximum atomic E-state index is 12.6. The van der Waals surface area contributed by atoms with Gasteiger partial charge >= 0.3 is 0 Å². The first-order chi connectivity index (χ1) is 14.7. The molecule has 0 bridgehead atoms. The number of amides is 2. The van der Waals surface area contributed by atoms with Crippen LogP contribution >= 0.6 is 22.9 Å². The van der Waals surface area contributed by atoms with Crippen molar-refractivity contribution in [2.24, 2.45) is 4.99 Å². The monoisotopic (exact) mass is 460 g/mol. The van der Waals surface area contributed by atoms with Crippen LogP contribution in [0.4, 0.5) is 0 Å². The van der Waals surface area contributed by atoms with E-state index in [0.29, 0.717) is 34.2 Å². The van der Waals surface area contributed by atoms with Crippen molar-refractivity contribution in [3.05, 3.63) is 73.9 Å². The highest BCUT2D eigenvalue weighted by atomic mass is 35.5. The van der Waals surface area contributed by atoms with E-state index in [1.54, 1.807) is 36.4 Å². The number of halogens is 1. The maximum Gasteiger partial charge on any atom is 0.287 e. The fraction of sp³-hybridized carbons (Fsp3) is 0.318. The van der Waals surface area contributed by atoms with E-state index in [0.717, 1.165) is 17.1 Å².